The largest absolute Gasteiger partial charge is 0.495 e. The molecule has 2 rings (SSSR count). The lowest BCUT2D eigenvalue weighted by atomic mass is 10.2. The van der Waals surface area contributed by atoms with E-state index in [0.717, 1.165) is 12.8 Å². The van der Waals surface area contributed by atoms with Crippen molar-refractivity contribution in [1.82, 2.24) is 5.32 Å². The molecule has 0 spiro atoms. The van der Waals surface area contributed by atoms with Crippen LogP contribution in [0.2, 0.25) is 5.02 Å². The topological polar surface area (TPSA) is 98.0 Å². The molecule has 24 heavy (non-hydrogen) atoms. The summed E-state index contributed by atoms with van der Waals surface area (Å²) >= 11 is 6.07. The minimum absolute atomic E-state index is 0.0659. The maximum absolute atomic E-state index is 11.6. The molecule has 0 saturated heterocycles. The van der Waals surface area contributed by atoms with E-state index in [2.05, 4.69) is 15.6 Å². The minimum Gasteiger partial charge on any atom is -0.495 e. The van der Waals surface area contributed by atoms with Gasteiger partial charge in [-0.15, -0.1) is 0 Å². The fourth-order valence-corrected chi connectivity index (χ4v) is 2.52. The number of amides is 1. The van der Waals surface area contributed by atoms with Gasteiger partial charge < -0.3 is 25.8 Å². The Morgan fingerprint density at radius 2 is 2.25 bits per heavy atom. The summed E-state index contributed by atoms with van der Waals surface area (Å²) in [5.74, 6) is 1.28. The van der Waals surface area contributed by atoms with Crippen LogP contribution < -0.4 is 21.1 Å². The second kappa shape index (κ2) is 8.63. The van der Waals surface area contributed by atoms with Crippen LogP contribution in [0, 0.1) is 5.92 Å². The molecule has 1 aromatic rings. The van der Waals surface area contributed by atoms with Gasteiger partial charge in [-0.25, -0.2) is 4.79 Å². The fourth-order valence-electron chi connectivity index (χ4n) is 2.26. The van der Waals surface area contributed by atoms with E-state index in [-0.39, 0.29) is 12.0 Å². The molecule has 132 valence electrons. The molecule has 1 saturated carbocycles. The molecule has 8 heteroatoms. The van der Waals surface area contributed by atoms with Crippen molar-refractivity contribution >= 4 is 29.3 Å². The summed E-state index contributed by atoms with van der Waals surface area (Å²) in [6.45, 7) is 2.51. The second-order valence-electron chi connectivity index (χ2n) is 5.51. The van der Waals surface area contributed by atoms with Gasteiger partial charge in [-0.05, 0) is 43.9 Å². The maximum Gasteiger partial charge on any atom is 0.407 e. The Balaban J connectivity index is 1.91. The number of methoxy groups -OCH3 is 1. The SMILES string of the molecule is CCOC(=O)NC(CN=C(N)Nc1ccc(OC)c(Cl)c1)C1CC1. The van der Waals surface area contributed by atoms with Gasteiger partial charge in [-0.2, -0.15) is 0 Å². The first-order valence-corrected chi connectivity index (χ1v) is 8.25. The van der Waals surface area contributed by atoms with Crippen molar-refractivity contribution in [3.05, 3.63) is 23.2 Å². The molecule has 4 N–H and O–H groups in total. The zero-order valence-electron chi connectivity index (χ0n) is 13.8. The molecule has 0 aromatic heterocycles. The van der Waals surface area contributed by atoms with Crippen LogP contribution in [-0.4, -0.2) is 38.4 Å². The molecule has 7 nitrogen and oxygen atoms in total. The number of aliphatic imine (C=N–C) groups is 1. The van der Waals surface area contributed by atoms with E-state index in [9.17, 15) is 4.79 Å². The normalized spacial score (nSPS) is 15.5. The van der Waals surface area contributed by atoms with Crippen molar-refractivity contribution in [2.45, 2.75) is 25.8 Å². The molecule has 0 aliphatic heterocycles. The molecule has 1 atom stereocenters. The molecule has 0 bridgehead atoms. The van der Waals surface area contributed by atoms with Gasteiger partial charge in [0.2, 0.25) is 0 Å². The Morgan fingerprint density at radius 3 is 2.83 bits per heavy atom. The average molecular weight is 355 g/mol. The predicted octanol–water partition coefficient (Wildman–Crippen LogP) is 2.60. The minimum atomic E-state index is -0.418. The second-order valence-corrected chi connectivity index (χ2v) is 5.92. The highest BCUT2D eigenvalue weighted by atomic mass is 35.5. The van der Waals surface area contributed by atoms with Crippen molar-refractivity contribution in [3.8, 4) is 5.75 Å². The summed E-state index contributed by atoms with van der Waals surface area (Å²) in [5.41, 5.74) is 6.62. The van der Waals surface area contributed by atoms with E-state index in [1.165, 1.54) is 0 Å². The van der Waals surface area contributed by atoms with Gasteiger partial charge in [0.05, 0.1) is 31.3 Å². The number of guanidine groups is 1. The third-order valence-electron chi connectivity index (χ3n) is 3.65. The van der Waals surface area contributed by atoms with E-state index in [0.29, 0.717) is 35.5 Å². The number of alkyl carbamates (subject to hydrolysis) is 1. The Morgan fingerprint density at radius 1 is 1.50 bits per heavy atom. The third kappa shape index (κ3) is 5.49. The number of carbonyl (C=O) groups excluding carboxylic acids is 1. The lowest BCUT2D eigenvalue weighted by Crippen LogP contribution is -2.39. The Labute approximate surface area is 146 Å². The van der Waals surface area contributed by atoms with E-state index >= 15 is 0 Å². The summed E-state index contributed by atoms with van der Waals surface area (Å²) < 4.78 is 10.0. The molecule has 1 fully saturated rings. The van der Waals surface area contributed by atoms with Gasteiger partial charge in [-0.1, -0.05) is 11.6 Å². The number of nitrogens with one attached hydrogen (secondary N) is 2. The lowest BCUT2D eigenvalue weighted by molar-refractivity contribution is 0.147. The van der Waals surface area contributed by atoms with Gasteiger partial charge in [-0.3, -0.25) is 4.99 Å². The van der Waals surface area contributed by atoms with Crippen molar-refractivity contribution in [2.75, 3.05) is 25.6 Å². The third-order valence-corrected chi connectivity index (χ3v) is 3.95. The molecule has 1 aliphatic rings. The zero-order chi connectivity index (χ0) is 17.5. The van der Waals surface area contributed by atoms with Crippen molar-refractivity contribution in [1.29, 1.82) is 0 Å². The number of ether oxygens (including phenoxy) is 2. The maximum atomic E-state index is 11.6. The van der Waals surface area contributed by atoms with Crippen LogP contribution in [-0.2, 0) is 4.74 Å². The van der Waals surface area contributed by atoms with Gasteiger partial charge in [0.15, 0.2) is 5.96 Å². The number of rotatable bonds is 7. The van der Waals surface area contributed by atoms with E-state index in [1.54, 1.807) is 32.2 Å². The van der Waals surface area contributed by atoms with Gasteiger partial charge in [0, 0.05) is 5.69 Å². The summed E-state index contributed by atoms with van der Waals surface area (Å²) in [5, 5.41) is 6.29. The van der Waals surface area contributed by atoms with E-state index < -0.39 is 6.09 Å². The molecule has 0 radical (unpaired) electrons. The number of hydrogen-bond donors (Lipinski definition) is 3. The Hall–Kier alpha value is -2.15. The first-order chi connectivity index (χ1) is 11.5. The van der Waals surface area contributed by atoms with E-state index in [1.807, 2.05) is 0 Å². The molecule has 0 heterocycles. The van der Waals surface area contributed by atoms with Crippen LogP contribution in [0.25, 0.3) is 0 Å². The standard InChI is InChI=1S/C16H23ClN4O3/c1-3-24-16(22)21-13(10-4-5-10)9-19-15(18)20-11-6-7-14(23-2)12(17)8-11/h6-8,10,13H,3-5,9H2,1-2H3,(H,21,22)(H3,18,19,20). The predicted molar refractivity (Wildman–Crippen MR) is 94.8 cm³/mol. The van der Waals surface area contributed by atoms with Crippen LogP contribution in [0.4, 0.5) is 10.5 Å². The summed E-state index contributed by atoms with van der Waals surface area (Å²) in [7, 11) is 1.55. The zero-order valence-corrected chi connectivity index (χ0v) is 14.6. The van der Waals surface area contributed by atoms with Gasteiger partial charge in [0.25, 0.3) is 0 Å². The number of halogens is 1. The molecule has 1 amide bonds. The first-order valence-electron chi connectivity index (χ1n) is 7.87. The molecular weight excluding hydrogens is 332 g/mol. The van der Waals surface area contributed by atoms with Gasteiger partial charge >= 0.3 is 6.09 Å². The number of hydrogen-bond acceptors (Lipinski definition) is 4. The number of benzene rings is 1. The Kier molecular flexibility index (Phi) is 6.54. The molecular formula is C16H23ClN4O3. The van der Waals surface area contributed by atoms with Crippen LogP contribution in [0.1, 0.15) is 19.8 Å². The van der Waals surface area contributed by atoms with Crippen LogP contribution in [0.5, 0.6) is 5.75 Å². The van der Waals surface area contributed by atoms with Crippen LogP contribution in [0.15, 0.2) is 23.2 Å². The van der Waals surface area contributed by atoms with Crippen molar-refractivity contribution in [2.24, 2.45) is 16.6 Å². The quantitative estimate of drug-likeness (QED) is 0.516. The number of anilines is 1. The fraction of sp³-hybridized carbons (Fsp3) is 0.500. The highest BCUT2D eigenvalue weighted by Crippen LogP contribution is 2.33. The summed E-state index contributed by atoms with van der Waals surface area (Å²) in [6, 6.07) is 5.18. The van der Waals surface area contributed by atoms with Crippen LogP contribution in [0.3, 0.4) is 0 Å². The molecule has 1 aliphatic carbocycles. The summed E-state index contributed by atoms with van der Waals surface area (Å²) in [6.07, 6.45) is 1.74. The van der Waals surface area contributed by atoms with Gasteiger partial charge in [0.1, 0.15) is 5.75 Å². The average Bonchev–Trinajstić information content (AvgIpc) is 3.36. The highest BCUT2D eigenvalue weighted by molar-refractivity contribution is 6.32. The summed E-state index contributed by atoms with van der Waals surface area (Å²) in [4.78, 5) is 15.9. The molecule has 1 unspecified atom stereocenters. The van der Waals surface area contributed by atoms with Crippen molar-refractivity contribution < 1.29 is 14.3 Å². The molecule has 1 aromatic carbocycles. The number of carbonyl (C=O) groups is 1. The smallest absolute Gasteiger partial charge is 0.407 e. The highest BCUT2D eigenvalue weighted by Gasteiger charge is 2.32. The monoisotopic (exact) mass is 354 g/mol. The number of nitrogens with two attached hydrogens (primary N) is 1. The number of nitrogens with zero attached hydrogens (tertiary/aromatic N) is 1. The van der Waals surface area contributed by atoms with Crippen molar-refractivity contribution in [3.63, 3.8) is 0 Å². The Bertz CT molecular complexity index is 605. The lowest BCUT2D eigenvalue weighted by Gasteiger charge is -2.16. The van der Waals surface area contributed by atoms with E-state index in [4.69, 9.17) is 26.8 Å². The first kappa shape index (κ1) is 18.2. The van der Waals surface area contributed by atoms with Crippen LogP contribution >= 0.6 is 11.6 Å².